The van der Waals surface area contributed by atoms with Gasteiger partial charge in [0.1, 0.15) is 11.8 Å². The number of carbonyl (C=O) groups is 1. The van der Waals surface area contributed by atoms with Gasteiger partial charge in [-0.25, -0.2) is 4.39 Å². The number of aromatic hydroxyl groups is 1. The number of benzene rings is 1. The Balaban J connectivity index is 3.38. The molecule has 1 atom stereocenters. The molecule has 0 bridgehead atoms. The number of hydrogen-bond acceptors (Lipinski definition) is 3. The molecule has 0 aliphatic rings. The van der Waals surface area contributed by atoms with E-state index in [2.05, 4.69) is 15.9 Å². The molecule has 7 heteroatoms. The van der Waals surface area contributed by atoms with Crippen molar-refractivity contribution in [3.8, 4) is 5.75 Å². The predicted molar refractivity (Wildman–Crippen MR) is 55.3 cm³/mol. The molecular weight excluding hydrogens is 292 g/mol. The summed E-state index contributed by atoms with van der Waals surface area (Å²) in [5.74, 6) is -2.78. The third kappa shape index (κ3) is 2.22. The van der Waals surface area contributed by atoms with Gasteiger partial charge in [-0.05, 0) is 22.0 Å². The Morgan fingerprint density at radius 2 is 2.20 bits per heavy atom. The first-order chi connectivity index (χ1) is 6.86. The summed E-state index contributed by atoms with van der Waals surface area (Å²) in [6.45, 7) is 0. The third-order valence-electron chi connectivity index (χ3n) is 1.77. The number of phenolic OH excluding ortho intramolecular Hbond substituents is 1. The first-order valence-corrected chi connectivity index (χ1v) is 4.88. The van der Waals surface area contributed by atoms with Gasteiger partial charge in [0.15, 0.2) is 5.82 Å². The van der Waals surface area contributed by atoms with Crippen LogP contribution in [0.4, 0.5) is 4.39 Å². The largest absolute Gasteiger partial charge is 0.506 e. The number of carboxylic acid groups (broad SMARTS) is 1. The normalized spacial score (nSPS) is 12.5. The van der Waals surface area contributed by atoms with Crippen molar-refractivity contribution in [2.75, 3.05) is 0 Å². The number of hydrogen-bond donors (Lipinski definition) is 3. The Hall–Kier alpha value is -0.850. The zero-order valence-corrected chi connectivity index (χ0v) is 9.51. The molecule has 1 rings (SSSR count). The quantitative estimate of drug-likeness (QED) is 0.730. The molecule has 0 heterocycles. The van der Waals surface area contributed by atoms with E-state index in [4.69, 9.17) is 22.4 Å². The molecule has 0 fully saturated rings. The first-order valence-electron chi connectivity index (χ1n) is 3.71. The summed E-state index contributed by atoms with van der Waals surface area (Å²) in [4.78, 5) is 10.6. The van der Waals surface area contributed by atoms with Crippen LogP contribution in [0.5, 0.6) is 5.75 Å². The maximum atomic E-state index is 13.1. The van der Waals surface area contributed by atoms with Gasteiger partial charge in [0.25, 0.3) is 0 Å². The summed E-state index contributed by atoms with van der Waals surface area (Å²) in [6.07, 6.45) is 0. The number of carboxylic acids is 1. The van der Waals surface area contributed by atoms with E-state index < -0.39 is 23.6 Å². The average Bonchev–Trinajstić information content (AvgIpc) is 2.19. The summed E-state index contributed by atoms with van der Waals surface area (Å²) in [5.41, 5.74) is 5.11. The van der Waals surface area contributed by atoms with Crippen LogP contribution in [0.1, 0.15) is 11.6 Å². The molecule has 0 aromatic heterocycles. The maximum absolute atomic E-state index is 13.1. The van der Waals surface area contributed by atoms with Gasteiger partial charge < -0.3 is 15.9 Å². The predicted octanol–water partition coefficient (Wildman–Crippen LogP) is 2.03. The van der Waals surface area contributed by atoms with Gasteiger partial charge in [0.05, 0.1) is 9.50 Å². The van der Waals surface area contributed by atoms with E-state index >= 15 is 0 Å². The second-order valence-electron chi connectivity index (χ2n) is 2.74. The third-order valence-corrected chi connectivity index (χ3v) is 2.77. The van der Waals surface area contributed by atoms with Gasteiger partial charge in [-0.15, -0.1) is 0 Å². The Morgan fingerprint density at radius 3 is 2.67 bits per heavy atom. The molecular formula is C8H6BrClFNO3. The second kappa shape index (κ2) is 4.34. The van der Waals surface area contributed by atoms with Crippen molar-refractivity contribution in [2.24, 2.45) is 5.73 Å². The van der Waals surface area contributed by atoms with Crippen molar-refractivity contribution in [2.45, 2.75) is 6.04 Å². The lowest BCUT2D eigenvalue weighted by atomic mass is 10.1. The van der Waals surface area contributed by atoms with E-state index in [1.807, 2.05) is 0 Å². The Morgan fingerprint density at radius 1 is 1.67 bits per heavy atom. The van der Waals surface area contributed by atoms with Crippen LogP contribution in [-0.4, -0.2) is 16.2 Å². The van der Waals surface area contributed by atoms with Crippen LogP contribution < -0.4 is 5.73 Å². The van der Waals surface area contributed by atoms with E-state index in [-0.39, 0.29) is 15.1 Å². The summed E-state index contributed by atoms with van der Waals surface area (Å²) < 4.78 is 12.8. The fourth-order valence-corrected chi connectivity index (χ4v) is 1.74. The monoisotopic (exact) mass is 297 g/mol. The fraction of sp³-hybridized carbons (Fsp3) is 0.125. The summed E-state index contributed by atoms with van der Waals surface area (Å²) in [7, 11) is 0. The Bertz CT molecular complexity index is 427. The van der Waals surface area contributed by atoms with E-state index in [0.29, 0.717) is 0 Å². The molecule has 1 aromatic carbocycles. The standard InChI is InChI=1S/C8H6BrClFNO3/c9-4-5(11)3(10)1-2(7(4)13)6(12)8(14)15/h1,6,13H,12H2,(H,14,15)/t6-/m0/s1. The highest BCUT2D eigenvalue weighted by Gasteiger charge is 2.23. The molecule has 0 saturated carbocycles. The molecule has 0 aliphatic heterocycles. The molecule has 1 aromatic rings. The smallest absolute Gasteiger partial charge is 0.325 e. The molecule has 0 aliphatic carbocycles. The molecule has 15 heavy (non-hydrogen) atoms. The minimum absolute atomic E-state index is 0.152. The van der Waals surface area contributed by atoms with Crippen LogP contribution in [0, 0.1) is 5.82 Å². The van der Waals surface area contributed by atoms with Crippen LogP contribution in [0.15, 0.2) is 10.5 Å². The van der Waals surface area contributed by atoms with Gasteiger partial charge >= 0.3 is 5.97 Å². The molecule has 0 saturated heterocycles. The molecule has 4 nitrogen and oxygen atoms in total. The molecule has 0 radical (unpaired) electrons. The van der Waals surface area contributed by atoms with Crippen LogP contribution in [0.25, 0.3) is 0 Å². The van der Waals surface area contributed by atoms with Crippen LogP contribution >= 0.6 is 27.5 Å². The number of rotatable bonds is 2. The highest BCUT2D eigenvalue weighted by atomic mass is 79.9. The van der Waals surface area contributed by atoms with Gasteiger partial charge in [-0.2, -0.15) is 0 Å². The van der Waals surface area contributed by atoms with Crippen molar-refractivity contribution >= 4 is 33.5 Å². The Kier molecular flexibility index (Phi) is 3.54. The van der Waals surface area contributed by atoms with E-state index in [1.54, 1.807) is 0 Å². The topological polar surface area (TPSA) is 83.6 Å². The number of halogens is 3. The summed E-state index contributed by atoms with van der Waals surface area (Å²) in [5, 5.41) is 17.7. The van der Waals surface area contributed by atoms with Crippen molar-refractivity contribution in [1.29, 1.82) is 0 Å². The highest BCUT2D eigenvalue weighted by Crippen LogP contribution is 2.37. The van der Waals surface area contributed by atoms with E-state index in [0.717, 1.165) is 6.07 Å². The van der Waals surface area contributed by atoms with Gasteiger partial charge in [-0.1, -0.05) is 11.6 Å². The van der Waals surface area contributed by atoms with Gasteiger partial charge in [0, 0.05) is 5.56 Å². The Labute approximate surface area is 97.6 Å². The van der Waals surface area contributed by atoms with Gasteiger partial charge in [-0.3, -0.25) is 4.79 Å². The number of nitrogens with two attached hydrogens (primary N) is 1. The zero-order valence-electron chi connectivity index (χ0n) is 7.17. The minimum Gasteiger partial charge on any atom is -0.506 e. The van der Waals surface area contributed by atoms with Crippen molar-refractivity contribution in [3.63, 3.8) is 0 Å². The fourth-order valence-electron chi connectivity index (χ4n) is 0.974. The van der Waals surface area contributed by atoms with E-state index in [9.17, 15) is 14.3 Å². The van der Waals surface area contributed by atoms with Crippen LogP contribution in [0.3, 0.4) is 0 Å². The lowest BCUT2D eigenvalue weighted by Crippen LogP contribution is -2.21. The van der Waals surface area contributed by atoms with Gasteiger partial charge in [0.2, 0.25) is 0 Å². The molecule has 0 unspecified atom stereocenters. The maximum Gasteiger partial charge on any atom is 0.325 e. The zero-order chi connectivity index (χ0) is 11.7. The lowest BCUT2D eigenvalue weighted by Gasteiger charge is -2.11. The summed E-state index contributed by atoms with van der Waals surface area (Å²) in [6, 6.07) is -0.477. The molecule has 0 spiro atoms. The molecule has 0 amide bonds. The van der Waals surface area contributed by atoms with Crippen molar-refractivity contribution in [1.82, 2.24) is 0 Å². The van der Waals surface area contributed by atoms with Crippen molar-refractivity contribution < 1.29 is 19.4 Å². The van der Waals surface area contributed by atoms with E-state index in [1.165, 1.54) is 0 Å². The van der Waals surface area contributed by atoms with Crippen LogP contribution in [0.2, 0.25) is 5.02 Å². The minimum atomic E-state index is -1.46. The average molecular weight is 298 g/mol. The molecule has 82 valence electrons. The number of phenols is 1. The number of aliphatic carboxylic acids is 1. The first kappa shape index (κ1) is 12.2. The van der Waals surface area contributed by atoms with Crippen LogP contribution in [-0.2, 0) is 4.79 Å². The SMILES string of the molecule is N[C@H](C(=O)O)c1cc(Cl)c(F)c(Br)c1O. The lowest BCUT2D eigenvalue weighted by molar-refractivity contribution is -0.138. The molecule has 4 N–H and O–H groups in total. The second-order valence-corrected chi connectivity index (χ2v) is 3.94. The highest BCUT2D eigenvalue weighted by molar-refractivity contribution is 9.10. The summed E-state index contributed by atoms with van der Waals surface area (Å²) >= 11 is 8.22. The van der Waals surface area contributed by atoms with Crippen molar-refractivity contribution in [3.05, 3.63) is 26.9 Å².